The fraction of sp³-hybridized carbons (Fsp3) is 0.217. The Labute approximate surface area is 219 Å². The van der Waals surface area contributed by atoms with Crippen molar-refractivity contribution in [3.63, 3.8) is 0 Å². The van der Waals surface area contributed by atoms with Crippen LogP contribution >= 0.6 is 47.0 Å². The van der Waals surface area contributed by atoms with Gasteiger partial charge in [-0.3, -0.25) is 10.9 Å². The van der Waals surface area contributed by atoms with Gasteiger partial charge in [0.2, 0.25) is 0 Å². The normalized spacial score (nSPS) is 21.9. The predicted octanol–water partition coefficient (Wildman–Crippen LogP) is 7.14. The Morgan fingerprint density at radius 2 is 1.89 bits per heavy atom. The molecule has 1 heterocycles. The average Bonchev–Trinajstić information content (AvgIpc) is 3.26. The molecule has 4 rings (SSSR count). The smallest absolute Gasteiger partial charge is 0.374 e. The van der Waals surface area contributed by atoms with Gasteiger partial charge in [0.15, 0.2) is 5.11 Å². The molecule has 3 N–H and O–H groups in total. The Hall–Kier alpha value is -2.46. The summed E-state index contributed by atoms with van der Waals surface area (Å²) in [6.07, 6.45) is -2.54. The summed E-state index contributed by atoms with van der Waals surface area (Å²) in [7, 11) is 0. The predicted molar refractivity (Wildman–Crippen MR) is 138 cm³/mol. The number of nitrogens with zero attached hydrogens (tertiary/aromatic N) is 1. The number of hydrogen-bond acceptors (Lipinski definition) is 4. The van der Waals surface area contributed by atoms with Gasteiger partial charge in [-0.25, -0.2) is 0 Å². The molecule has 2 unspecified atom stereocenters. The second-order valence-corrected chi connectivity index (χ2v) is 9.69. The van der Waals surface area contributed by atoms with Crippen molar-refractivity contribution < 1.29 is 18.0 Å². The van der Waals surface area contributed by atoms with Crippen LogP contribution in [-0.4, -0.2) is 28.0 Å². The Morgan fingerprint density at radius 3 is 2.57 bits per heavy atom. The standard InChI is InChI=1S/C23H18Cl3F3N4OS/c24-15-9-14(10-16(25)11-15)22(23(27,28)29)12-20(33-34-22)13-6-7-18(26)19(8-13)31-32-21(35)30-17-4-2-1-3-5-17/h1-10,15,31H,11-12H2,(H2,30,32,35). The highest BCUT2D eigenvalue weighted by molar-refractivity contribution is 7.80. The number of oxime groups is 1. The van der Waals surface area contributed by atoms with Crippen molar-refractivity contribution in [1.29, 1.82) is 0 Å². The van der Waals surface area contributed by atoms with E-state index in [-0.39, 0.29) is 27.9 Å². The van der Waals surface area contributed by atoms with Crippen molar-refractivity contribution in [1.82, 2.24) is 5.43 Å². The van der Waals surface area contributed by atoms with E-state index in [1.54, 1.807) is 12.1 Å². The van der Waals surface area contributed by atoms with Crippen LogP contribution in [-0.2, 0) is 4.84 Å². The van der Waals surface area contributed by atoms with Gasteiger partial charge in [0, 0.05) is 34.7 Å². The first kappa shape index (κ1) is 25.6. The number of thiocarbonyl (C=S) groups is 1. The minimum atomic E-state index is -4.77. The highest BCUT2D eigenvalue weighted by atomic mass is 35.5. The molecule has 0 fully saturated rings. The quantitative estimate of drug-likeness (QED) is 0.206. The first-order chi connectivity index (χ1) is 16.6. The summed E-state index contributed by atoms with van der Waals surface area (Å²) in [4.78, 5) is 5.08. The van der Waals surface area contributed by atoms with E-state index in [1.807, 2.05) is 30.3 Å². The maximum atomic E-state index is 14.3. The van der Waals surface area contributed by atoms with Gasteiger partial charge in [-0.1, -0.05) is 58.7 Å². The van der Waals surface area contributed by atoms with E-state index in [4.69, 9.17) is 51.9 Å². The lowest BCUT2D eigenvalue weighted by Crippen LogP contribution is -2.47. The number of allylic oxidation sites excluding steroid dienone is 2. The molecule has 0 aromatic heterocycles. The molecular weight excluding hydrogens is 544 g/mol. The first-order valence-electron chi connectivity index (χ1n) is 10.3. The molecule has 0 spiro atoms. The molecule has 5 nitrogen and oxygen atoms in total. The van der Waals surface area contributed by atoms with Crippen LogP contribution in [0.25, 0.3) is 0 Å². The zero-order valence-corrected chi connectivity index (χ0v) is 20.9. The van der Waals surface area contributed by atoms with Crippen LogP contribution in [0.5, 0.6) is 0 Å². The molecular formula is C23H18Cl3F3N4OS. The van der Waals surface area contributed by atoms with Crippen molar-refractivity contribution in [3.05, 3.63) is 81.9 Å². The number of anilines is 2. The van der Waals surface area contributed by atoms with Crippen molar-refractivity contribution >= 4 is 69.2 Å². The lowest BCUT2D eigenvalue weighted by molar-refractivity contribution is -0.252. The molecule has 184 valence electrons. The topological polar surface area (TPSA) is 57.7 Å². The van der Waals surface area contributed by atoms with Crippen LogP contribution in [0.3, 0.4) is 0 Å². The monoisotopic (exact) mass is 560 g/mol. The maximum absolute atomic E-state index is 14.3. The third-order valence-corrected chi connectivity index (χ3v) is 6.43. The van der Waals surface area contributed by atoms with Crippen LogP contribution in [0, 0.1) is 0 Å². The van der Waals surface area contributed by atoms with Gasteiger partial charge in [-0.15, -0.1) is 11.6 Å². The number of nitrogens with one attached hydrogen (secondary N) is 3. The summed E-state index contributed by atoms with van der Waals surface area (Å²) < 4.78 is 42.8. The van der Waals surface area contributed by atoms with Crippen LogP contribution in [0.2, 0.25) is 5.02 Å². The van der Waals surface area contributed by atoms with Gasteiger partial charge in [-0.2, -0.15) is 13.2 Å². The molecule has 0 amide bonds. The van der Waals surface area contributed by atoms with E-state index in [1.165, 1.54) is 18.2 Å². The van der Waals surface area contributed by atoms with E-state index in [0.717, 1.165) is 5.69 Å². The molecule has 2 aromatic rings. The lowest BCUT2D eigenvalue weighted by Gasteiger charge is -2.32. The minimum absolute atomic E-state index is 0.0918. The molecule has 2 atom stereocenters. The summed E-state index contributed by atoms with van der Waals surface area (Å²) in [5.74, 6) is 0. The largest absolute Gasteiger partial charge is 0.435 e. The van der Waals surface area contributed by atoms with Gasteiger partial charge in [0.05, 0.1) is 21.8 Å². The fourth-order valence-corrected chi connectivity index (χ4v) is 4.63. The van der Waals surface area contributed by atoms with Crippen molar-refractivity contribution in [2.75, 3.05) is 10.7 Å². The Morgan fingerprint density at radius 1 is 1.14 bits per heavy atom. The van der Waals surface area contributed by atoms with Crippen LogP contribution < -0.4 is 16.2 Å². The second kappa shape index (κ2) is 10.3. The number of hydrazine groups is 1. The summed E-state index contributed by atoms with van der Waals surface area (Å²) in [5.41, 5.74) is 4.43. The van der Waals surface area contributed by atoms with E-state index < -0.39 is 23.6 Å². The van der Waals surface area contributed by atoms with Gasteiger partial charge in [-0.05, 0) is 42.6 Å². The summed E-state index contributed by atoms with van der Waals surface area (Å²) in [6, 6.07) is 13.9. The third kappa shape index (κ3) is 5.69. The van der Waals surface area contributed by atoms with Crippen LogP contribution in [0.1, 0.15) is 18.4 Å². The second-order valence-electron chi connectivity index (χ2n) is 7.83. The number of halogens is 6. The molecule has 2 aromatic carbocycles. The molecule has 35 heavy (non-hydrogen) atoms. The first-order valence-corrected chi connectivity index (χ1v) is 11.9. The molecule has 1 aliphatic heterocycles. The summed E-state index contributed by atoms with van der Waals surface area (Å²) in [5, 5.41) is 6.89. The van der Waals surface area contributed by atoms with Gasteiger partial charge in [0.1, 0.15) is 0 Å². The average molecular weight is 562 g/mol. The van der Waals surface area contributed by atoms with Gasteiger partial charge < -0.3 is 10.2 Å². The van der Waals surface area contributed by atoms with Crippen LogP contribution in [0.15, 0.2) is 76.4 Å². The van der Waals surface area contributed by atoms with Gasteiger partial charge in [0.25, 0.3) is 5.60 Å². The van der Waals surface area contributed by atoms with Gasteiger partial charge >= 0.3 is 6.18 Å². The number of alkyl halides is 4. The van der Waals surface area contributed by atoms with Crippen molar-refractivity contribution in [2.24, 2.45) is 5.16 Å². The van der Waals surface area contributed by atoms with Crippen molar-refractivity contribution in [2.45, 2.75) is 30.0 Å². The molecule has 12 heteroatoms. The van der Waals surface area contributed by atoms with E-state index in [0.29, 0.717) is 16.3 Å². The Bertz CT molecular complexity index is 1220. The van der Waals surface area contributed by atoms with E-state index >= 15 is 0 Å². The van der Waals surface area contributed by atoms with E-state index in [9.17, 15) is 13.2 Å². The molecule has 0 saturated carbocycles. The molecule has 0 saturated heterocycles. The Kier molecular flexibility index (Phi) is 7.51. The maximum Gasteiger partial charge on any atom is 0.435 e. The highest BCUT2D eigenvalue weighted by Crippen LogP contribution is 2.48. The van der Waals surface area contributed by atoms with Crippen LogP contribution in [0.4, 0.5) is 24.5 Å². The molecule has 0 bridgehead atoms. The lowest BCUT2D eigenvalue weighted by atomic mass is 9.83. The molecule has 2 aliphatic rings. The van der Waals surface area contributed by atoms with E-state index in [2.05, 4.69) is 21.3 Å². The summed E-state index contributed by atoms with van der Waals surface area (Å²) in [6.45, 7) is 0. The SMILES string of the molecule is FC(F)(F)C1(C2=CC(Cl)CC(Cl)=C2)CC(c2ccc(Cl)c(NNC(=S)Nc3ccccc3)c2)=NO1. The number of para-hydroxylation sites is 1. The molecule has 0 radical (unpaired) electrons. The zero-order valence-electron chi connectivity index (χ0n) is 17.8. The third-order valence-electron chi connectivity index (χ3n) is 5.36. The van der Waals surface area contributed by atoms with Crippen molar-refractivity contribution in [3.8, 4) is 0 Å². The fourth-order valence-electron chi connectivity index (χ4n) is 3.63. The number of rotatable bonds is 5. The number of benzene rings is 2. The minimum Gasteiger partial charge on any atom is -0.374 e. The number of hydrogen-bond donors (Lipinski definition) is 3. The molecule has 1 aliphatic carbocycles. The Balaban J connectivity index is 1.52. The summed E-state index contributed by atoms with van der Waals surface area (Å²) >= 11 is 23.6. The zero-order chi connectivity index (χ0) is 25.2. The highest BCUT2D eigenvalue weighted by Gasteiger charge is 2.63.